The zero-order valence-electron chi connectivity index (χ0n) is 11.5. The van der Waals surface area contributed by atoms with Crippen LogP contribution >= 0.6 is 11.6 Å². The van der Waals surface area contributed by atoms with Crippen LogP contribution in [0.1, 0.15) is 32.1 Å². The van der Waals surface area contributed by atoms with Crippen LogP contribution in [0.4, 0.5) is 5.82 Å². The highest BCUT2D eigenvalue weighted by Gasteiger charge is 2.25. The lowest BCUT2D eigenvalue weighted by molar-refractivity contribution is 0.300. The predicted molar refractivity (Wildman–Crippen MR) is 80.1 cm³/mol. The first-order valence-corrected chi connectivity index (χ1v) is 8.60. The maximum Gasteiger partial charge on any atom is 0.244 e. The fourth-order valence-electron chi connectivity index (χ4n) is 2.58. The number of aromatic nitrogens is 1. The molecule has 5 nitrogen and oxygen atoms in total. The third kappa shape index (κ3) is 3.42. The number of nitrogen functional groups attached to an aromatic ring is 1. The number of hydrogen-bond acceptors (Lipinski definition) is 4. The molecule has 2 rings (SSSR count). The summed E-state index contributed by atoms with van der Waals surface area (Å²) >= 11 is 5.85. The minimum atomic E-state index is -3.55. The van der Waals surface area contributed by atoms with Gasteiger partial charge in [0.15, 0.2) is 0 Å². The molecule has 1 fully saturated rings. The van der Waals surface area contributed by atoms with Gasteiger partial charge in [-0.1, -0.05) is 30.9 Å². The number of halogens is 1. The van der Waals surface area contributed by atoms with Crippen LogP contribution in [-0.2, 0) is 10.0 Å². The number of hydrogen-bond donors (Lipinski definition) is 1. The topological polar surface area (TPSA) is 76.3 Å². The van der Waals surface area contributed by atoms with Crippen molar-refractivity contribution in [1.29, 1.82) is 0 Å². The number of rotatable bonds is 4. The maximum atomic E-state index is 12.5. The van der Waals surface area contributed by atoms with Crippen molar-refractivity contribution in [3.63, 3.8) is 0 Å². The van der Waals surface area contributed by atoms with Gasteiger partial charge < -0.3 is 5.73 Å². The van der Waals surface area contributed by atoms with E-state index in [0.29, 0.717) is 12.5 Å². The summed E-state index contributed by atoms with van der Waals surface area (Å²) < 4.78 is 26.3. The van der Waals surface area contributed by atoms with E-state index in [4.69, 9.17) is 17.3 Å². The fraction of sp³-hybridized carbons (Fsp3) is 0.615. The molecule has 0 aliphatic heterocycles. The van der Waals surface area contributed by atoms with Crippen LogP contribution in [0, 0.1) is 5.92 Å². The minimum Gasteiger partial charge on any atom is -0.382 e. The lowest BCUT2D eigenvalue weighted by Gasteiger charge is -2.26. The van der Waals surface area contributed by atoms with Crippen molar-refractivity contribution in [2.75, 3.05) is 19.3 Å². The summed E-state index contributed by atoms with van der Waals surface area (Å²) in [6.45, 7) is 0.546. The van der Waals surface area contributed by atoms with Crippen LogP contribution in [0.3, 0.4) is 0 Å². The number of nitrogens with zero attached hydrogens (tertiary/aromatic N) is 2. The zero-order chi connectivity index (χ0) is 14.8. The van der Waals surface area contributed by atoms with E-state index in [2.05, 4.69) is 4.98 Å². The number of sulfonamides is 1. The van der Waals surface area contributed by atoms with Gasteiger partial charge in [-0.15, -0.1) is 0 Å². The monoisotopic (exact) mass is 317 g/mol. The van der Waals surface area contributed by atoms with E-state index in [9.17, 15) is 8.42 Å². The van der Waals surface area contributed by atoms with Crippen LogP contribution in [0.5, 0.6) is 0 Å². The van der Waals surface area contributed by atoms with Gasteiger partial charge in [0.2, 0.25) is 10.0 Å². The van der Waals surface area contributed by atoms with E-state index < -0.39 is 10.0 Å². The van der Waals surface area contributed by atoms with Gasteiger partial charge in [-0.2, -0.15) is 0 Å². The van der Waals surface area contributed by atoms with Crippen LogP contribution in [0.25, 0.3) is 0 Å². The van der Waals surface area contributed by atoms with Gasteiger partial charge in [0.1, 0.15) is 10.7 Å². The Labute approximate surface area is 125 Å². The quantitative estimate of drug-likeness (QED) is 0.925. The van der Waals surface area contributed by atoms with Gasteiger partial charge in [0, 0.05) is 19.8 Å². The highest BCUT2D eigenvalue weighted by atomic mass is 35.5. The van der Waals surface area contributed by atoms with Gasteiger partial charge in [-0.3, -0.25) is 0 Å². The zero-order valence-corrected chi connectivity index (χ0v) is 13.1. The summed E-state index contributed by atoms with van der Waals surface area (Å²) in [6, 6.07) is 1.36. The van der Waals surface area contributed by atoms with Gasteiger partial charge >= 0.3 is 0 Å². The smallest absolute Gasteiger partial charge is 0.244 e. The van der Waals surface area contributed by atoms with Gasteiger partial charge in [-0.05, 0) is 24.8 Å². The Bertz CT molecular complexity index is 571. The number of anilines is 1. The lowest BCUT2D eigenvalue weighted by Crippen LogP contribution is -2.32. The van der Waals surface area contributed by atoms with Crippen LogP contribution in [0.2, 0.25) is 5.02 Å². The molecule has 1 saturated carbocycles. The van der Waals surface area contributed by atoms with E-state index >= 15 is 0 Å². The molecule has 1 heterocycles. The first-order valence-electron chi connectivity index (χ1n) is 6.78. The van der Waals surface area contributed by atoms with Crippen molar-refractivity contribution in [2.24, 2.45) is 5.92 Å². The number of pyridine rings is 1. The summed E-state index contributed by atoms with van der Waals surface area (Å²) in [5, 5.41) is 0.164. The van der Waals surface area contributed by atoms with Gasteiger partial charge in [-0.25, -0.2) is 17.7 Å². The van der Waals surface area contributed by atoms with Crippen LogP contribution in [0.15, 0.2) is 17.2 Å². The molecule has 0 radical (unpaired) electrons. The highest BCUT2D eigenvalue weighted by molar-refractivity contribution is 7.89. The summed E-state index contributed by atoms with van der Waals surface area (Å²) in [5.41, 5.74) is 5.51. The van der Waals surface area contributed by atoms with Crippen molar-refractivity contribution in [1.82, 2.24) is 9.29 Å². The molecular formula is C13H20ClN3O2S. The molecule has 0 spiro atoms. The molecular weight excluding hydrogens is 298 g/mol. The van der Waals surface area contributed by atoms with Crippen molar-refractivity contribution in [3.05, 3.63) is 17.3 Å². The van der Waals surface area contributed by atoms with Gasteiger partial charge in [0.05, 0.1) is 5.02 Å². The Hall–Kier alpha value is -0.850. The van der Waals surface area contributed by atoms with Crippen molar-refractivity contribution < 1.29 is 8.42 Å². The van der Waals surface area contributed by atoms with E-state index in [-0.39, 0.29) is 15.7 Å². The second-order valence-electron chi connectivity index (χ2n) is 5.33. The molecule has 0 bridgehead atoms. The second kappa shape index (κ2) is 6.28. The minimum absolute atomic E-state index is 0.0926. The van der Waals surface area contributed by atoms with E-state index in [1.54, 1.807) is 7.05 Å². The maximum absolute atomic E-state index is 12.5. The predicted octanol–water partition coefficient (Wildman–Crippen LogP) is 2.52. The Morgan fingerprint density at radius 3 is 2.65 bits per heavy atom. The summed E-state index contributed by atoms with van der Waals surface area (Å²) in [7, 11) is -1.94. The standard InChI is InChI=1S/C13H20ClN3O2S/c1-17(9-10-5-3-2-4-6-10)20(18,19)11-7-12(14)13(15)16-8-11/h7-8,10H,2-6,9H2,1H3,(H2,15,16). The molecule has 0 aromatic carbocycles. The third-order valence-electron chi connectivity index (χ3n) is 3.79. The highest BCUT2D eigenvalue weighted by Crippen LogP contribution is 2.27. The second-order valence-corrected chi connectivity index (χ2v) is 7.78. The largest absolute Gasteiger partial charge is 0.382 e. The molecule has 1 aliphatic rings. The molecule has 1 aromatic rings. The Morgan fingerprint density at radius 2 is 2.05 bits per heavy atom. The van der Waals surface area contributed by atoms with Crippen molar-refractivity contribution in [3.8, 4) is 0 Å². The van der Waals surface area contributed by atoms with Crippen molar-refractivity contribution >= 4 is 27.4 Å². The number of nitrogens with two attached hydrogens (primary N) is 1. The molecule has 2 N–H and O–H groups in total. The molecule has 0 unspecified atom stereocenters. The fourth-order valence-corrected chi connectivity index (χ4v) is 4.03. The normalized spacial score (nSPS) is 17.6. The molecule has 0 amide bonds. The lowest BCUT2D eigenvalue weighted by atomic mass is 9.89. The molecule has 112 valence electrons. The van der Waals surface area contributed by atoms with Gasteiger partial charge in [0.25, 0.3) is 0 Å². The van der Waals surface area contributed by atoms with Crippen LogP contribution < -0.4 is 5.73 Å². The Morgan fingerprint density at radius 1 is 1.40 bits per heavy atom. The molecule has 20 heavy (non-hydrogen) atoms. The van der Waals surface area contributed by atoms with E-state index in [0.717, 1.165) is 12.8 Å². The van der Waals surface area contributed by atoms with Crippen LogP contribution in [-0.4, -0.2) is 31.3 Å². The first kappa shape index (κ1) is 15.5. The van der Waals surface area contributed by atoms with E-state index in [1.165, 1.54) is 35.8 Å². The summed E-state index contributed by atoms with van der Waals surface area (Å²) in [6.07, 6.45) is 7.08. The summed E-state index contributed by atoms with van der Waals surface area (Å²) in [5.74, 6) is 0.585. The Kier molecular flexibility index (Phi) is 4.88. The molecule has 0 saturated heterocycles. The van der Waals surface area contributed by atoms with Crippen molar-refractivity contribution in [2.45, 2.75) is 37.0 Å². The third-order valence-corrected chi connectivity index (χ3v) is 5.88. The molecule has 7 heteroatoms. The molecule has 1 aromatic heterocycles. The molecule has 0 atom stereocenters. The SMILES string of the molecule is CN(CC1CCCCC1)S(=O)(=O)c1cnc(N)c(Cl)c1. The molecule has 1 aliphatic carbocycles. The van der Waals surface area contributed by atoms with E-state index in [1.807, 2.05) is 0 Å². The summed E-state index contributed by atoms with van der Waals surface area (Å²) in [4.78, 5) is 3.91. The average molecular weight is 318 g/mol. The first-order chi connectivity index (χ1) is 9.41. The average Bonchev–Trinajstić information content (AvgIpc) is 2.42. The Balaban J connectivity index is 2.13.